The molecule has 186 valence electrons. The highest BCUT2D eigenvalue weighted by Gasteiger charge is 2.27. The van der Waals surface area contributed by atoms with Crippen LogP contribution in [-0.2, 0) is 16.0 Å². The number of ether oxygens (including phenoxy) is 1. The maximum atomic E-state index is 14.9. The number of morpholine rings is 1. The summed E-state index contributed by atoms with van der Waals surface area (Å²) in [6.45, 7) is 2.50. The van der Waals surface area contributed by atoms with Gasteiger partial charge in [-0.3, -0.25) is 9.79 Å². The van der Waals surface area contributed by atoms with E-state index in [1.165, 1.54) is 6.07 Å². The number of hydrogen-bond donors (Lipinski definition) is 1. The average Bonchev–Trinajstić information content (AvgIpc) is 3.35. The molecule has 0 aliphatic carbocycles. The van der Waals surface area contributed by atoms with Crippen LogP contribution in [0.2, 0.25) is 0 Å². The molecule has 1 unspecified atom stereocenters. The summed E-state index contributed by atoms with van der Waals surface area (Å²) in [5.41, 5.74) is 3.95. The van der Waals surface area contributed by atoms with Gasteiger partial charge in [0.1, 0.15) is 0 Å². The molecule has 0 spiro atoms. The van der Waals surface area contributed by atoms with Crippen LogP contribution >= 0.6 is 0 Å². The molecule has 2 aliphatic heterocycles. The maximum absolute atomic E-state index is 14.9. The number of hydrogen-bond acceptors (Lipinski definition) is 9. The van der Waals surface area contributed by atoms with Crippen LogP contribution in [0.1, 0.15) is 16.7 Å². The summed E-state index contributed by atoms with van der Waals surface area (Å²) in [7, 11) is 0. The minimum absolute atomic E-state index is 0.0473. The number of aromatic nitrogens is 3. The van der Waals surface area contributed by atoms with E-state index in [1.54, 1.807) is 6.20 Å². The van der Waals surface area contributed by atoms with E-state index in [1.807, 2.05) is 59.5 Å². The van der Waals surface area contributed by atoms with Gasteiger partial charge in [0.15, 0.2) is 23.5 Å². The molecule has 2 aliphatic rings. The number of benzene rings is 2. The molecule has 4 heterocycles. The predicted octanol–water partition coefficient (Wildman–Crippen LogP) is 3.51. The Kier molecular flexibility index (Phi) is 6.15. The van der Waals surface area contributed by atoms with Crippen molar-refractivity contribution in [3.63, 3.8) is 0 Å². The SMILES string of the molecule is O=C1Cc2ccccc2C(c2ccccc2)=NC1Nc1nnc(-c2ncc(N3CCOCC3)cc2F)o1. The molecule has 9 nitrogen and oxygen atoms in total. The van der Waals surface area contributed by atoms with E-state index in [2.05, 4.69) is 20.5 Å². The first-order valence-corrected chi connectivity index (χ1v) is 12.0. The molecular weight excluding hydrogens is 475 g/mol. The second-order valence-electron chi connectivity index (χ2n) is 8.73. The number of pyridine rings is 1. The van der Waals surface area contributed by atoms with Crippen LogP contribution in [0.4, 0.5) is 16.1 Å². The van der Waals surface area contributed by atoms with E-state index in [0.29, 0.717) is 37.7 Å². The van der Waals surface area contributed by atoms with Gasteiger partial charge >= 0.3 is 6.01 Å². The number of rotatable bonds is 5. The Morgan fingerprint density at radius 1 is 1.00 bits per heavy atom. The van der Waals surface area contributed by atoms with Crippen LogP contribution in [0, 0.1) is 5.82 Å². The van der Waals surface area contributed by atoms with E-state index in [0.717, 1.165) is 16.7 Å². The van der Waals surface area contributed by atoms with Crippen molar-refractivity contribution in [3.8, 4) is 11.6 Å². The van der Waals surface area contributed by atoms with Crippen LogP contribution in [0.25, 0.3) is 11.6 Å². The van der Waals surface area contributed by atoms with Crippen molar-refractivity contribution in [2.24, 2.45) is 4.99 Å². The van der Waals surface area contributed by atoms with Crippen LogP contribution in [0.5, 0.6) is 0 Å². The fourth-order valence-electron chi connectivity index (χ4n) is 4.47. The molecule has 0 bridgehead atoms. The van der Waals surface area contributed by atoms with Gasteiger partial charge in [-0.15, -0.1) is 5.10 Å². The number of Topliss-reactive ketones (excluding diaryl/α,β-unsaturated/α-hetero) is 1. The smallest absolute Gasteiger partial charge is 0.317 e. The minimum atomic E-state index is -0.961. The van der Waals surface area contributed by atoms with Crippen molar-refractivity contribution < 1.29 is 18.3 Å². The first-order valence-electron chi connectivity index (χ1n) is 12.0. The van der Waals surface area contributed by atoms with Crippen LogP contribution in [0.3, 0.4) is 0 Å². The second kappa shape index (κ2) is 9.90. The van der Waals surface area contributed by atoms with Gasteiger partial charge in [0, 0.05) is 36.7 Å². The van der Waals surface area contributed by atoms with Gasteiger partial charge in [-0.25, -0.2) is 9.37 Å². The Morgan fingerprint density at radius 3 is 2.59 bits per heavy atom. The van der Waals surface area contributed by atoms with Crippen molar-refractivity contribution in [1.29, 1.82) is 0 Å². The Bertz CT molecular complexity index is 1470. The zero-order chi connectivity index (χ0) is 25.2. The van der Waals surface area contributed by atoms with Crippen molar-refractivity contribution in [3.05, 3.63) is 89.4 Å². The first-order chi connectivity index (χ1) is 18.2. The van der Waals surface area contributed by atoms with Crippen molar-refractivity contribution in [2.45, 2.75) is 12.6 Å². The van der Waals surface area contributed by atoms with Gasteiger partial charge in [-0.05, 0) is 5.56 Å². The van der Waals surface area contributed by atoms with E-state index < -0.39 is 12.0 Å². The molecule has 2 aromatic carbocycles. The Labute approximate surface area is 212 Å². The monoisotopic (exact) mass is 498 g/mol. The van der Waals surface area contributed by atoms with E-state index in [4.69, 9.17) is 14.1 Å². The lowest BCUT2D eigenvalue weighted by Crippen LogP contribution is -2.36. The number of carbonyl (C=O) groups excluding carboxylic acids is 1. The maximum Gasteiger partial charge on any atom is 0.317 e. The van der Waals surface area contributed by atoms with Gasteiger partial charge in [0.2, 0.25) is 0 Å². The summed E-state index contributed by atoms with van der Waals surface area (Å²) in [5, 5.41) is 10.8. The molecule has 1 atom stereocenters. The summed E-state index contributed by atoms with van der Waals surface area (Å²) in [4.78, 5) is 24.1. The van der Waals surface area contributed by atoms with Crippen molar-refractivity contribution in [1.82, 2.24) is 15.2 Å². The molecule has 0 radical (unpaired) electrons. The Hall–Kier alpha value is -4.44. The molecular formula is C27H23FN6O3. The number of anilines is 2. The summed E-state index contributed by atoms with van der Waals surface area (Å²) in [6.07, 6.45) is 0.801. The minimum Gasteiger partial charge on any atom is -0.402 e. The van der Waals surface area contributed by atoms with E-state index >= 15 is 0 Å². The molecule has 37 heavy (non-hydrogen) atoms. The van der Waals surface area contributed by atoms with Gasteiger partial charge in [-0.1, -0.05) is 59.7 Å². The molecule has 0 saturated carbocycles. The average molecular weight is 499 g/mol. The van der Waals surface area contributed by atoms with E-state index in [9.17, 15) is 9.18 Å². The second-order valence-corrected chi connectivity index (χ2v) is 8.73. The van der Waals surface area contributed by atoms with E-state index in [-0.39, 0.29) is 29.8 Å². The molecule has 4 aromatic rings. The zero-order valence-electron chi connectivity index (χ0n) is 19.8. The lowest BCUT2D eigenvalue weighted by atomic mass is 9.96. The molecule has 10 heteroatoms. The largest absolute Gasteiger partial charge is 0.402 e. The van der Waals surface area contributed by atoms with Crippen LogP contribution in [-0.4, -0.2) is 59.1 Å². The zero-order valence-corrected chi connectivity index (χ0v) is 19.8. The number of fused-ring (bicyclic) bond motifs is 1. The lowest BCUT2D eigenvalue weighted by Gasteiger charge is -2.28. The fourth-order valence-corrected chi connectivity index (χ4v) is 4.47. The molecule has 1 fully saturated rings. The molecule has 2 aromatic heterocycles. The summed E-state index contributed by atoms with van der Waals surface area (Å²) < 4.78 is 25.9. The fraction of sp³-hybridized carbons (Fsp3) is 0.222. The highest BCUT2D eigenvalue weighted by atomic mass is 19.1. The Balaban J connectivity index is 1.27. The predicted molar refractivity (Wildman–Crippen MR) is 135 cm³/mol. The standard InChI is InChI=1S/C27H23FN6O3/c28-21-15-19(34-10-12-36-13-11-34)16-29-24(21)26-32-33-27(37-26)31-25-22(35)14-18-8-4-5-9-20(18)23(30-25)17-6-2-1-3-7-17/h1-9,15-16,25H,10-14H2,(H,31,33). The molecule has 1 N–H and O–H groups in total. The number of nitrogens with zero attached hydrogens (tertiary/aromatic N) is 5. The first kappa shape index (κ1) is 23.0. The third-order valence-corrected chi connectivity index (χ3v) is 6.34. The topological polar surface area (TPSA) is 106 Å². The number of aliphatic imine (C=N–C) groups is 1. The molecule has 6 rings (SSSR count). The highest BCUT2D eigenvalue weighted by molar-refractivity contribution is 6.16. The van der Waals surface area contributed by atoms with Crippen LogP contribution in [0.15, 0.2) is 76.3 Å². The summed E-state index contributed by atoms with van der Waals surface area (Å²) in [6, 6.07) is 18.7. The highest BCUT2D eigenvalue weighted by Crippen LogP contribution is 2.26. The molecule has 0 amide bonds. The third kappa shape index (κ3) is 4.70. The van der Waals surface area contributed by atoms with Crippen molar-refractivity contribution in [2.75, 3.05) is 36.5 Å². The van der Waals surface area contributed by atoms with Gasteiger partial charge in [0.25, 0.3) is 5.89 Å². The quantitative estimate of drug-likeness (QED) is 0.446. The third-order valence-electron chi connectivity index (χ3n) is 6.34. The number of nitrogens with one attached hydrogen (secondary N) is 1. The normalized spacial score (nSPS) is 17.6. The number of ketones is 1. The van der Waals surface area contributed by atoms with Crippen molar-refractivity contribution >= 4 is 23.2 Å². The summed E-state index contributed by atoms with van der Waals surface area (Å²) in [5.74, 6) is -0.827. The lowest BCUT2D eigenvalue weighted by molar-refractivity contribution is -0.119. The van der Waals surface area contributed by atoms with Gasteiger partial charge < -0.3 is 19.4 Å². The molecule has 1 saturated heterocycles. The van der Waals surface area contributed by atoms with Crippen LogP contribution < -0.4 is 10.2 Å². The van der Waals surface area contributed by atoms with Gasteiger partial charge in [0.05, 0.1) is 30.8 Å². The summed E-state index contributed by atoms with van der Waals surface area (Å²) >= 11 is 0. The number of carbonyl (C=O) groups is 1. The Morgan fingerprint density at radius 2 is 1.78 bits per heavy atom. The number of halogens is 1. The van der Waals surface area contributed by atoms with Gasteiger partial charge in [-0.2, -0.15) is 0 Å².